The third-order valence-electron chi connectivity index (χ3n) is 2.10. The molecule has 1 rings (SSSR count). The number of thioether (sulfide) groups is 1. The van der Waals surface area contributed by atoms with Crippen LogP contribution in [-0.2, 0) is 11.2 Å². The number of anilines is 1. The average molecular weight is 248 g/mol. The summed E-state index contributed by atoms with van der Waals surface area (Å²) in [5.74, 6) is 4.10. The van der Waals surface area contributed by atoms with Crippen LogP contribution in [-0.4, -0.2) is 24.0 Å². The first kappa shape index (κ1) is 13.5. The molecule has 17 heavy (non-hydrogen) atoms. The van der Waals surface area contributed by atoms with E-state index in [-0.39, 0.29) is 5.91 Å². The van der Waals surface area contributed by atoms with Gasteiger partial charge in [-0.25, -0.2) is 0 Å². The van der Waals surface area contributed by atoms with E-state index in [0.29, 0.717) is 24.4 Å². The van der Waals surface area contributed by atoms with Gasteiger partial charge in [-0.2, -0.15) is 0 Å². The van der Waals surface area contributed by atoms with Crippen LogP contribution in [0.5, 0.6) is 0 Å². The highest BCUT2D eigenvalue weighted by atomic mass is 32.2. The lowest BCUT2D eigenvalue weighted by Gasteiger charge is -2.04. The number of carbonyl (C=O) groups is 1. The minimum atomic E-state index is 0.0241. The zero-order chi connectivity index (χ0) is 12.5. The molecule has 4 heteroatoms. The van der Waals surface area contributed by atoms with Crippen LogP contribution in [0.1, 0.15) is 5.56 Å². The molecule has 3 nitrogen and oxygen atoms in total. The van der Waals surface area contributed by atoms with Crippen LogP contribution < -0.4 is 11.1 Å². The molecule has 0 spiro atoms. The van der Waals surface area contributed by atoms with Gasteiger partial charge in [-0.15, -0.1) is 18.2 Å². The van der Waals surface area contributed by atoms with Gasteiger partial charge in [0.1, 0.15) is 0 Å². The van der Waals surface area contributed by atoms with Crippen molar-refractivity contribution in [3.63, 3.8) is 0 Å². The standard InChI is InChI=1S/C13H16N2OS/c1-2-8-17-9-7-15-13(16)10-11-3-5-12(14)6-4-11/h1,3-6H,7-10,14H2,(H,15,16). The fourth-order valence-corrected chi connectivity index (χ4v) is 1.79. The van der Waals surface area contributed by atoms with Gasteiger partial charge in [0.15, 0.2) is 0 Å². The quantitative estimate of drug-likeness (QED) is 0.453. The summed E-state index contributed by atoms with van der Waals surface area (Å²) in [6.07, 6.45) is 5.51. The molecule has 90 valence electrons. The van der Waals surface area contributed by atoms with E-state index < -0.39 is 0 Å². The smallest absolute Gasteiger partial charge is 0.224 e. The lowest BCUT2D eigenvalue weighted by molar-refractivity contribution is -0.120. The molecule has 0 aliphatic carbocycles. The van der Waals surface area contributed by atoms with Crippen molar-refractivity contribution in [1.29, 1.82) is 0 Å². The van der Waals surface area contributed by atoms with Gasteiger partial charge in [0.2, 0.25) is 5.91 Å². The molecule has 0 saturated carbocycles. The van der Waals surface area contributed by atoms with Gasteiger partial charge in [0.05, 0.1) is 12.2 Å². The van der Waals surface area contributed by atoms with E-state index in [1.165, 1.54) is 0 Å². The van der Waals surface area contributed by atoms with Crippen molar-refractivity contribution in [2.45, 2.75) is 6.42 Å². The average Bonchev–Trinajstić information content (AvgIpc) is 2.32. The molecule has 0 radical (unpaired) electrons. The number of carbonyl (C=O) groups excluding carboxylic acids is 1. The summed E-state index contributed by atoms with van der Waals surface area (Å²) in [6.45, 7) is 0.653. The Morgan fingerprint density at radius 2 is 2.12 bits per heavy atom. The second-order valence-corrected chi connectivity index (χ2v) is 4.63. The molecule has 0 aliphatic rings. The first-order valence-electron chi connectivity index (χ1n) is 5.34. The predicted molar refractivity (Wildman–Crippen MR) is 73.7 cm³/mol. The van der Waals surface area contributed by atoms with Gasteiger partial charge in [-0.3, -0.25) is 4.79 Å². The molecule has 0 fully saturated rings. The molecule has 0 heterocycles. The summed E-state index contributed by atoms with van der Waals surface area (Å²) in [5, 5.41) is 2.85. The number of rotatable bonds is 6. The second-order valence-electron chi connectivity index (χ2n) is 3.53. The van der Waals surface area contributed by atoms with Crippen molar-refractivity contribution >= 4 is 23.4 Å². The SMILES string of the molecule is C#CCSCCNC(=O)Cc1ccc(N)cc1. The van der Waals surface area contributed by atoms with Gasteiger partial charge in [0.25, 0.3) is 0 Å². The van der Waals surface area contributed by atoms with E-state index in [0.717, 1.165) is 11.3 Å². The molecule has 0 atom stereocenters. The maximum atomic E-state index is 11.5. The third kappa shape index (κ3) is 5.88. The number of nitrogens with one attached hydrogen (secondary N) is 1. The number of hydrogen-bond donors (Lipinski definition) is 2. The maximum absolute atomic E-state index is 11.5. The Morgan fingerprint density at radius 1 is 1.41 bits per heavy atom. The highest BCUT2D eigenvalue weighted by Crippen LogP contribution is 2.05. The van der Waals surface area contributed by atoms with Crippen LogP contribution in [0.15, 0.2) is 24.3 Å². The first-order chi connectivity index (χ1) is 8.22. The van der Waals surface area contributed by atoms with Crippen LogP contribution in [0.4, 0.5) is 5.69 Å². The highest BCUT2D eigenvalue weighted by Gasteiger charge is 2.02. The number of hydrogen-bond acceptors (Lipinski definition) is 3. The summed E-state index contributed by atoms with van der Waals surface area (Å²) in [7, 11) is 0. The number of nitrogens with two attached hydrogens (primary N) is 1. The number of amides is 1. The maximum Gasteiger partial charge on any atom is 0.224 e. The van der Waals surface area contributed by atoms with Crippen molar-refractivity contribution in [1.82, 2.24) is 5.32 Å². The predicted octanol–water partition coefficient (Wildman–Crippen LogP) is 1.29. The lowest BCUT2D eigenvalue weighted by Crippen LogP contribution is -2.27. The third-order valence-corrected chi connectivity index (χ3v) is 2.96. The van der Waals surface area contributed by atoms with Gasteiger partial charge < -0.3 is 11.1 Å². The van der Waals surface area contributed by atoms with Gasteiger partial charge in [-0.1, -0.05) is 18.1 Å². The van der Waals surface area contributed by atoms with Crippen molar-refractivity contribution in [3.05, 3.63) is 29.8 Å². The van der Waals surface area contributed by atoms with E-state index in [9.17, 15) is 4.79 Å². The monoisotopic (exact) mass is 248 g/mol. The molecule has 0 saturated heterocycles. The van der Waals surface area contributed by atoms with Gasteiger partial charge in [0, 0.05) is 18.0 Å². The van der Waals surface area contributed by atoms with E-state index >= 15 is 0 Å². The van der Waals surface area contributed by atoms with Crippen LogP contribution in [0, 0.1) is 12.3 Å². The molecule has 0 unspecified atom stereocenters. The molecule has 1 aromatic rings. The van der Waals surface area contributed by atoms with Crippen molar-refractivity contribution in [3.8, 4) is 12.3 Å². The van der Waals surface area contributed by atoms with E-state index in [4.69, 9.17) is 12.2 Å². The Kier molecular flexibility index (Phi) is 6.05. The minimum Gasteiger partial charge on any atom is -0.399 e. The van der Waals surface area contributed by atoms with Crippen molar-refractivity contribution in [2.75, 3.05) is 23.8 Å². The molecule has 1 amide bonds. The van der Waals surface area contributed by atoms with Crippen LogP contribution in [0.25, 0.3) is 0 Å². The Bertz CT molecular complexity index is 395. The first-order valence-corrected chi connectivity index (χ1v) is 6.50. The Morgan fingerprint density at radius 3 is 2.76 bits per heavy atom. The summed E-state index contributed by atoms with van der Waals surface area (Å²) in [5.41, 5.74) is 7.24. The van der Waals surface area contributed by atoms with Crippen molar-refractivity contribution in [2.24, 2.45) is 0 Å². The van der Waals surface area contributed by atoms with E-state index in [1.807, 2.05) is 12.1 Å². The summed E-state index contributed by atoms with van der Waals surface area (Å²) in [6, 6.07) is 7.32. The largest absolute Gasteiger partial charge is 0.399 e. The van der Waals surface area contributed by atoms with Gasteiger partial charge in [-0.05, 0) is 17.7 Å². The zero-order valence-corrected chi connectivity index (χ0v) is 10.4. The normalized spacial score (nSPS) is 9.59. The van der Waals surface area contributed by atoms with E-state index in [1.54, 1.807) is 23.9 Å². The zero-order valence-electron chi connectivity index (χ0n) is 9.61. The molecular formula is C13H16N2OS. The Balaban J connectivity index is 2.21. The van der Waals surface area contributed by atoms with Crippen LogP contribution in [0.2, 0.25) is 0 Å². The second kappa shape index (κ2) is 7.64. The molecule has 1 aromatic carbocycles. The van der Waals surface area contributed by atoms with Gasteiger partial charge >= 0.3 is 0 Å². The lowest BCUT2D eigenvalue weighted by atomic mass is 10.1. The number of benzene rings is 1. The van der Waals surface area contributed by atoms with Crippen LogP contribution in [0.3, 0.4) is 0 Å². The Hall–Kier alpha value is -1.60. The summed E-state index contributed by atoms with van der Waals surface area (Å²) < 4.78 is 0. The molecule has 0 aliphatic heterocycles. The topological polar surface area (TPSA) is 55.1 Å². The molecule has 3 N–H and O–H groups in total. The summed E-state index contributed by atoms with van der Waals surface area (Å²) >= 11 is 1.64. The minimum absolute atomic E-state index is 0.0241. The fraction of sp³-hybridized carbons (Fsp3) is 0.308. The fourth-order valence-electron chi connectivity index (χ4n) is 1.28. The van der Waals surface area contributed by atoms with E-state index in [2.05, 4.69) is 11.2 Å². The molecule has 0 aromatic heterocycles. The molecule has 0 bridgehead atoms. The van der Waals surface area contributed by atoms with Crippen LogP contribution >= 0.6 is 11.8 Å². The summed E-state index contributed by atoms with van der Waals surface area (Å²) in [4.78, 5) is 11.5. The number of terminal acetylenes is 1. The molecular weight excluding hydrogens is 232 g/mol. The highest BCUT2D eigenvalue weighted by molar-refractivity contribution is 7.99. The Labute approximate surface area is 106 Å². The van der Waals surface area contributed by atoms with Crippen molar-refractivity contribution < 1.29 is 4.79 Å². The number of nitrogen functional groups attached to an aromatic ring is 1.